The molecule has 0 aliphatic heterocycles. The van der Waals surface area contributed by atoms with Crippen LogP contribution in [0, 0.1) is 0 Å². The van der Waals surface area contributed by atoms with Crippen LogP contribution in [-0.4, -0.2) is 41.9 Å². The molecule has 0 aliphatic carbocycles. The van der Waals surface area contributed by atoms with E-state index in [9.17, 15) is 22.9 Å². The topological polar surface area (TPSA) is 104 Å². The van der Waals surface area contributed by atoms with Crippen LogP contribution in [0.4, 0.5) is 0 Å². The number of rotatable bonds is 30. The molecular formula is C32H65NO5S. The maximum atomic E-state index is 12.4. The molecule has 0 aromatic rings. The van der Waals surface area contributed by atoms with E-state index in [2.05, 4.69) is 19.2 Å². The zero-order valence-corrected chi connectivity index (χ0v) is 26.6. The van der Waals surface area contributed by atoms with Gasteiger partial charge in [-0.2, -0.15) is 8.42 Å². The largest absolute Gasteiger partial charge is 0.391 e. The van der Waals surface area contributed by atoms with E-state index >= 15 is 0 Å². The van der Waals surface area contributed by atoms with E-state index in [1.165, 1.54) is 116 Å². The smallest absolute Gasteiger partial charge is 0.266 e. The van der Waals surface area contributed by atoms with Crippen molar-refractivity contribution in [1.29, 1.82) is 0 Å². The Balaban J connectivity index is 3.93. The molecule has 0 aromatic heterocycles. The van der Waals surface area contributed by atoms with Crippen molar-refractivity contribution in [3.63, 3.8) is 0 Å². The first kappa shape index (κ1) is 38.3. The van der Waals surface area contributed by atoms with E-state index in [4.69, 9.17) is 0 Å². The standard InChI is InChI=1S/C32H65NO5S/c1-3-5-7-9-11-13-15-16-17-18-20-22-24-26-28-32(35)33-30(29-39(36,37)38)31(34)27-25-23-21-19-14-12-10-8-6-4-2/h30-31,34H,3-29H2,1-2H3,(H,33,35)(H,36,37,38). The van der Waals surface area contributed by atoms with Crippen LogP contribution in [0.25, 0.3) is 0 Å². The number of hydrogen-bond acceptors (Lipinski definition) is 4. The fourth-order valence-corrected chi connectivity index (χ4v) is 6.04. The fraction of sp³-hybridized carbons (Fsp3) is 0.969. The van der Waals surface area contributed by atoms with E-state index in [0.717, 1.165) is 38.5 Å². The number of hydrogen-bond donors (Lipinski definition) is 3. The van der Waals surface area contributed by atoms with Gasteiger partial charge in [-0.3, -0.25) is 9.35 Å². The number of carbonyl (C=O) groups is 1. The Bertz CT molecular complexity index is 640. The number of amides is 1. The van der Waals surface area contributed by atoms with Crippen LogP contribution >= 0.6 is 0 Å². The molecule has 3 N–H and O–H groups in total. The lowest BCUT2D eigenvalue weighted by molar-refractivity contribution is -0.122. The van der Waals surface area contributed by atoms with Crippen molar-refractivity contribution in [3.8, 4) is 0 Å². The van der Waals surface area contributed by atoms with Gasteiger partial charge in [0.1, 0.15) is 0 Å². The molecule has 0 spiro atoms. The lowest BCUT2D eigenvalue weighted by Gasteiger charge is -2.23. The maximum Gasteiger partial charge on any atom is 0.266 e. The molecule has 0 rings (SSSR count). The van der Waals surface area contributed by atoms with Crippen molar-refractivity contribution in [2.24, 2.45) is 0 Å². The molecule has 0 bridgehead atoms. The lowest BCUT2D eigenvalue weighted by atomic mass is 10.0. The maximum absolute atomic E-state index is 12.4. The summed E-state index contributed by atoms with van der Waals surface area (Å²) >= 11 is 0. The van der Waals surface area contributed by atoms with E-state index in [1.54, 1.807) is 0 Å². The number of aliphatic hydroxyl groups excluding tert-OH is 1. The van der Waals surface area contributed by atoms with Gasteiger partial charge >= 0.3 is 0 Å². The van der Waals surface area contributed by atoms with Crippen molar-refractivity contribution in [2.75, 3.05) is 5.75 Å². The first-order chi connectivity index (χ1) is 18.8. The van der Waals surface area contributed by atoms with Crippen molar-refractivity contribution < 1.29 is 22.9 Å². The third-order valence-electron chi connectivity index (χ3n) is 7.81. The van der Waals surface area contributed by atoms with Gasteiger partial charge in [0.05, 0.1) is 17.9 Å². The second kappa shape index (κ2) is 27.5. The Kier molecular flexibility index (Phi) is 27.0. The summed E-state index contributed by atoms with van der Waals surface area (Å²) in [5.41, 5.74) is 0. The molecule has 0 radical (unpaired) electrons. The van der Waals surface area contributed by atoms with E-state index in [-0.39, 0.29) is 5.91 Å². The minimum absolute atomic E-state index is 0.246. The molecule has 2 unspecified atom stereocenters. The van der Waals surface area contributed by atoms with Gasteiger partial charge in [0.25, 0.3) is 10.1 Å². The van der Waals surface area contributed by atoms with E-state index < -0.39 is 28.0 Å². The van der Waals surface area contributed by atoms with Crippen molar-refractivity contribution >= 4 is 16.0 Å². The molecule has 234 valence electrons. The quantitative estimate of drug-likeness (QED) is 0.0586. The van der Waals surface area contributed by atoms with E-state index in [0.29, 0.717) is 12.8 Å². The molecule has 0 saturated carbocycles. The first-order valence-corrected chi connectivity index (χ1v) is 18.3. The molecule has 6 nitrogen and oxygen atoms in total. The predicted molar refractivity (Wildman–Crippen MR) is 166 cm³/mol. The Hall–Kier alpha value is -0.660. The van der Waals surface area contributed by atoms with Gasteiger partial charge in [0.2, 0.25) is 5.91 Å². The summed E-state index contributed by atoms with van der Waals surface area (Å²) in [4.78, 5) is 12.4. The molecule has 1 amide bonds. The van der Waals surface area contributed by atoms with Gasteiger partial charge < -0.3 is 10.4 Å². The van der Waals surface area contributed by atoms with Gasteiger partial charge in [-0.1, -0.05) is 162 Å². The van der Waals surface area contributed by atoms with Gasteiger partial charge in [-0.05, 0) is 12.8 Å². The van der Waals surface area contributed by atoms with Crippen LogP contribution in [0.3, 0.4) is 0 Å². The summed E-state index contributed by atoms with van der Waals surface area (Å²) in [6.07, 6.45) is 29.0. The average Bonchev–Trinajstić information content (AvgIpc) is 2.88. The summed E-state index contributed by atoms with van der Waals surface area (Å²) in [7, 11) is -4.29. The van der Waals surface area contributed by atoms with Gasteiger partial charge in [0.15, 0.2) is 0 Å². The zero-order valence-electron chi connectivity index (χ0n) is 25.8. The van der Waals surface area contributed by atoms with Crippen molar-refractivity contribution in [1.82, 2.24) is 5.32 Å². The van der Waals surface area contributed by atoms with E-state index in [1.807, 2.05) is 0 Å². The average molecular weight is 576 g/mol. The Labute approximate surface area is 242 Å². The lowest BCUT2D eigenvalue weighted by Crippen LogP contribution is -2.47. The van der Waals surface area contributed by atoms with Crippen LogP contribution in [-0.2, 0) is 14.9 Å². The van der Waals surface area contributed by atoms with Gasteiger partial charge in [-0.25, -0.2) is 0 Å². The minimum atomic E-state index is -4.29. The van der Waals surface area contributed by atoms with Crippen molar-refractivity contribution in [2.45, 2.75) is 193 Å². The minimum Gasteiger partial charge on any atom is -0.391 e. The summed E-state index contributed by atoms with van der Waals surface area (Å²) in [5.74, 6) is -0.888. The zero-order chi connectivity index (χ0) is 29.0. The molecule has 2 atom stereocenters. The predicted octanol–water partition coefficient (Wildman–Crippen LogP) is 8.90. The molecule has 7 heteroatoms. The molecule has 0 heterocycles. The molecule has 0 aliphatic rings. The number of nitrogens with one attached hydrogen (secondary N) is 1. The highest BCUT2D eigenvalue weighted by molar-refractivity contribution is 7.85. The first-order valence-electron chi connectivity index (χ1n) is 16.7. The molecule has 0 aromatic carbocycles. The number of aliphatic hydroxyl groups is 1. The summed E-state index contributed by atoms with van der Waals surface area (Å²) in [5, 5.41) is 13.2. The summed E-state index contributed by atoms with van der Waals surface area (Å²) in [6, 6.07) is -0.960. The van der Waals surface area contributed by atoms with Crippen molar-refractivity contribution in [3.05, 3.63) is 0 Å². The van der Waals surface area contributed by atoms with Gasteiger partial charge in [-0.15, -0.1) is 0 Å². The van der Waals surface area contributed by atoms with Crippen LogP contribution in [0.2, 0.25) is 0 Å². The highest BCUT2D eigenvalue weighted by Gasteiger charge is 2.26. The number of unbranched alkanes of at least 4 members (excludes halogenated alkanes) is 22. The Morgan fingerprint density at radius 3 is 1.28 bits per heavy atom. The van der Waals surface area contributed by atoms with Crippen LogP contribution in [0.1, 0.15) is 181 Å². The molecule has 0 saturated heterocycles. The van der Waals surface area contributed by atoms with Crippen LogP contribution in [0.5, 0.6) is 0 Å². The normalized spacial score (nSPS) is 13.4. The number of carbonyl (C=O) groups excluding carboxylic acids is 1. The van der Waals surface area contributed by atoms with Gasteiger partial charge in [0, 0.05) is 6.42 Å². The summed E-state index contributed by atoms with van der Waals surface area (Å²) < 4.78 is 32.2. The molecular weight excluding hydrogens is 510 g/mol. The Morgan fingerprint density at radius 1 is 0.590 bits per heavy atom. The highest BCUT2D eigenvalue weighted by atomic mass is 32.2. The second-order valence-corrected chi connectivity index (χ2v) is 13.3. The summed E-state index contributed by atoms with van der Waals surface area (Å²) in [6.45, 7) is 4.48. The molecule has 39 heavy (non-hydrogen) atoms. The second-order valence-electron chi connectivity index (χ2n) is 11.8. The van der Waals surface area contributed by atoms with Crippen LogP contribution < -0.4 is 5.32 Å². The molecule has 0 fully saturated rings. The third-order valence-corrected chi connectivity index (χ3v) is 8.59. The fourth-order valence-electron chi connectivity index (χ4n) is 5.28. The SMILES string of the molecule is CCCCCCCCCCCCCCCCC(=O)NC(CS(=O)(=O)O)C(O)CCCCCCCCCCCC. The third kappa shape index (κ3) is 28.7. The highest BCUT2D eigenvalue weighted by Crippen LogP contribution is 2.15. The Morgan fingerprint density at radius 2 is 0.923 bits per heavy atom. The van der Waals surface area contributed by atoms with Crippen LogP contribution in [0.15, 0.2) is 0 Å². The monoisotopic (exact) mass is 575 g/mol.